The summed E-state index contributed by atoms with van der Waals surface area (Å²) in [5.74, 6) is -0.487. The van der Waals surface area contributed by atoms with Gasteiger partial charge in [-0.05, 0) is 31.2 Å². The molecule has 2 amide bonds. The molecule has 0 heterocycles. The van der Waals surface area contributed by atoms with Crippen LogP contribution >= 0.6 is 0 Å². The molecule has 0 bridgehead atoms. The maximum atomic E-state index is 11.9. The van der Waals surface area contributed by atoms with Crippen LogP contribution in [0.3, 0.4) is 0 Å². The monoisotopic (exact) mass is 304 g/mol. The number of nitrogens with one attached hydrogen (secondary N) is 2. The van der Waals surface area contributed by atoms with Gasteiger partial charge in [-0.1, -0.05) is 0 Å². The van der Waals surface area contributed by atoms with E-state index in [-0.39, 0.29) is 6.61 Å². The molecule has 0 aliphatic heterocycles. The number of carbonyl (C=O) groups is 2. The number of urea groups is 1. The third-order valence-electron chi connectivity index (χ3n) is 2.35. The fourth-order valence-corrected chi connectivity index (χ4v) is 1.40. The second-order valence-electron chi connectivity index (χ2n) is 4.04. The Morgan fingerprint density at radius 2 is 1.81 bits per heavy atom. The Hall–Kier alpha value is -2.25. The number of benzene rings is 1. The first-order valence-corrected chi connectivity index (χ1v) is 6.20. The Morgan fingerprint density at radius 1 is 1.19 bits per heavy atom. The molecule has 0 aliphatic carbocycles. The van der Waals surface area contributed by atoms with Crippen molar-refractivity contribution in [1.29, 1.82) is 0 Å². The van der Waals surface area contributed by atoms with Gasteiger partial charge in [-0.25, -0.2) is 9.59 Å². The van der Waals surface area contributed by atoms with Crippen molar-refractivity contribution < 1.29 is 27.5 Å². The maximum absolute atomic E-state index is 11.9. The van der Waals surface area contributed by atoms with Gasteiger partial charge in [0, 0.05) is 12.2 Å². The Balaban J connectivity index is 2.44. The minimum atomic E-state index is -4.31. The summed E-state index contributed by atoms with van der Waals surface area (Å²) in [6.45, 7) is 1.43. The number of halogens is 3. The van der Waals surface area contributed by atoms with Crippen LogP contribution in [-0.4, -0.2) is 31.3 Å². The molecule has 0 saturated heterocycles. The van der Waals surface area contributed by atoms with Crippen LogP contribution in [0, 0.1) is 0 Å². The number of ether oxygens (including phenoxy) is 1. The van der Waals surface area contributed by atoms with Crippen molar-refractivity contribution in [2.45, 2.75) is 19.5 Å². The molecule has 0 saturated carbocycles. The molecular weight excluding hydrogens is 289 g/mol. The summed E-state index contributed by atoms with van der Waals surface area (Å²) in [4.78, 5) is 22.7. The molecule has 0 aromatic heterocycles. The number of alkyl halides is 3. The summed E-state index contributed by atoms with van der Waals surface area (Å²) in [5.41, 5.74) is 0.674. The van der Waals surface area contributed by atoms with E-state index in [1.54, 1.807) is 6.92 Å². The normalized spacial score (nSPS) is 10.9. The number of anilines is 1. The lowest BCUT2D eigenvalue weighted by Crippen LogP contribution is -2.31. The van der Waals surface area contributed by atoms with Crippen LogP contribution in [0.5, 0.6) is 0 Å². The lowest BCUT2D eigenvalue weighted by Gasteiger charge is -2.09. The molecule has 0 atom stereocenters. The molecule has 8 heteroatoms. The van der Waals surface area contributed by atoms with Crippen molar-refractivity contribution in [3.05, 3.63) is 29.8 Å². The summed E-state index contributed by atoms with van der Waals surface area (Å²) in [7, 11) is 0. The molecule has 0 radical (unpaired) electrons. The molecule has 0 unspecified atom stereocenters. The smallest absolute Gasteiger partial charge is 0.390 e. The highest BCUT2D eigenvalue weighted by atomic mass is 19.4. The molecule has 116 valence electrons. The second kappa shape index (κ2) is 7.51. The van der Waals surface area contributed by atoms with E-state index in [9.17, 15) is 22.8 Å². The molecule has 1 aromatic carbocycles. The number of rotatable bonds is 5. The summed E-state index contributed by atoms with van der Waals surface area (Å²) in [6, 6.07) is 5.06. The average Bonchev–Trinajstić information content (AvgIpc) is 2.38. The first-order valence-electron chi connectivity index (χ1n) is 6.20. The van der Waals surface area contributed by atoms with E-state index < -0.39 is 31.1 Å². The molecule has 0 spiro atoms. The van der Waals surface area contributed by atoms with E-state index >= 15 is 0 Å². The number of amides is 2. The summed E-state index contributed by atoms with van der Waals surface area (Å²) in [5, 5.41) is 4.44. The number of carbonyl (C=O) groups excluding carboxylic acids is 2. The zero-order valence-electron chi connectivity index (χ0n) is 11.3. The van der Waals surface area contributed by atoms with Crippen LogP contribution in [-0.2, 0) is 4.74 Å². The third kappa shape index (κ3) is 6.64. The summed E-state index contributed by atoms with van der Waals surface area (Å²) < 4.78 is 40.5. The molecule has 21 heavy (non-hydrogen) atoms. The molecule has 0 fully saturated rings. The van der Waals surface area contributed by atoms with Crippen LogP contribution in [0.4, 0.5) is 23.7 Å². The lowest BCUT2D eigenvalue weighted by molar-refractivity contribution is -0.132. The van der Waals surface area contributed by atoms with Gasteiger partial charge in [-0.2, -0.15) is 13.2 Å². The zero-order chi connectivity index (χ0) is 15.9. The van der Waals surface area contributed by atoms with Crippen molar-refractivity contribution >= 4 is 17.7 Å². The summed E-state index contributed by atoms with van der Waals surface area (Å²) >= 11 is 0. The number of hydrogen-bond donors (Lipinski definition) is 2. The molecular formula is C13H15F3N2O3. The molecule has 2 N–H and O–H groups in total. The van der Waals surface area contributed by atoms with Gasteiger partial charge in [-0.15, -0.1) is 0 Å². The molecule has 1 rings (SSSR count). The fourth-order valence-electron chi connectivity index (χ4n) is 1.40. The first kappa shape index (κ1) is 16.8. The van der Waals surface area contributed by atoms with Crippen molar-refractivity contribution in [2.24, 2.45) is 0 Å². The van der Waals surface area contributed by atoms with Gasteiger partial charge in [0.25, 0.3) is 0 Å². The van der Waals surface area contributed by atoms with Crippen LogP contribution in [0.15, 0.2) is 24.3 Å². The topological polar surface area (TPSA) is 67.4 Å². The largest absolute Gasteiger partial charge is 0.462 e. The minimum Gasteiger partial charge on any atom is -0.462 e. The molecule has 5 nitrogen and oxygen atoms in total. The molecule has 1 aromatic rings. The lowest BCUT2D eigenvalue weighted by atomic mass is 10.2. The van der Waals surface area contributed by atoms with Crippen LogP contribution in [0.2, 0.25) is 0 Å². The quantitative estimate of drug-likeness (QED) is 0.822. The van der Waals surface area contributed by atoms with Crippen LogP contribution < -0.4 is 10.6 Å². The van der Waals surface area contributed by atoms with E-state index in [0.717, 1.165) is 0 Å². The second-order valence-corrected chi connectivity index (χ2v) is 4.04. The van der Waals surface area contributed by atoms with Gasteiger partial charge < -0.3 is 15.4 Å². The Morgan fingerprint density at radius 3 is 2.33 bits per heavy atom. The standard InChI is InChI=1S/C13H15F3N2O3/c1-2-21-11(19)9-3-5-10(6-4-9)18-12(20)17-8-7-13(14,15)16/h3-6H,2,7-8H2,1H3,(H2,17,18,20). The minimum absolute atomic E-state index is 0.250. The van der Waals surface area contributed by atoms with Gasteiger partial charge in [0.2, 0.25) is 0 Å². The highest BCUT2D eigenvalue weighted by Gasteiger charge is 2.26. The van der Waals surface area contributed by atoms with Crippen molar-refractivity contribution in [1.82, 2.24) is 5.32 Å². The fraction of sp³-hybridized carbons (Fsp3) is 0.385. The Labute approximate surface area is 119 Å². The van der Waals surface area contributed by atoms with Crippen molar-refractivity contribution in [3.8, 4) is 0 Å². The predicted octanol–water partition coefficient (Wildman–Crippen LogP) is 2.94. The van der Waals surface area contributed by atoms with Gasteiger partial charge in [0.05, 0.1) is 18.6 Å². The summed E-state index contributed by atoms with van der Waals surface area (Å²) in [6.07, 6.45) is -5.41. The van der Waals surface area contributed by atoms with Crippen LogP contribution in [0.1, 0.15) is 23.7 Å². The van der Waals surface area contributed by atoms with Crippen LogP contribution in [0.25, 0.3) is 0 Å². The number of hydrogen-bond acceptors (Lipinski definition) is 3. The van der Waals surface area contributed by atoms with E-state index in [2.05, 4.69) is 10.6 Å². The first-order chi connectivity index (χ1) is 9.81. The zero-order valence-corrected chi connectivity index (χ0v) is 11.3. The highest BCUT2D eigenvalue weighted by molar-refractivity contribution is 5.92. The van der Waals surface area contributed by atoms with E-state index in [1.165, 1.54) is 24.3 Å². The van der Waals surface area contributed by atoms with E-state index in [0.29, 0.717) is 11.3 Å². The van der Waals surface area contributed by atoms with Crippen molar-refractivity contribution in [3.63, 3.8) is 0 Å². The van der Waals surface area contributed by atoms with Gasteiger partial charge in [-0.3, -0.25) is 0 Å². The van der Waals surface area contributed by atoms with Gasteiger partial charge >= 0.3 is 18.2 Å². The SMILES string of the molecule is CCOC(=O)c1ccc(NC(=O)NCCC(F)(F)F)cc1. The van der Waals surface area contributed by atoms with E-state index in [1.807, 2.05) is 0 Å². The Bertz CT molecular complexity index is 486. The maximum Gasteiger partial charge on any atom is 0.390 e. The van der Waals surface area contributed by atoms with Gasteiger partial charge in [0.1, 0.15) is 0 Å². The predicted molar refractivity (Wildman–Crippen MR) is 70.1 cm³/mol. The van der Waals surface area contributed by atoms with Gasteiger partial charge in [0.15, 0.2) is 0 Å². The third-order valence-corrected chi connectivity index (χ3v) is 2.35. The average molecular weight is 304 g/mol. The Kier molecular flexibility index (Phi) is 6.01. The van der Waals surface area contributed by atoms with Crippen molar-refractivity contribution in [2.75, 3.05) is 18.5 Å². The molecule has 0 aliphatic rings. The highest BCUT2D eigenvalue weighted by Crippen LogP contribution is 2.18. The number of esters is 1. The van der Waals surface area contributed by atoms with E-state index in [4.69, 9.17) is 4.74 Å².